The van der Waals surface area contributed by atoms with E-state index in [0.717, 1.165) is 27.9 Å². The molecule has 0 aliphatic carbocycles. The SMILES string of the molecule is Cc1nnc(SCc2ccccc2C(=N)N)n1C. The van der Waals surface area contributed by atoms with Crippen LogP contribution in [-0.4, -0.2) is 20.6 Å². The lowest BCUT2D eigenvalue weighted by Crippen LogP contribution is -2.13. The Morgan fingerprint density at radius 1 is 1.39 bits per heavy atom. The molecular weight excluding hydrogens is 246 g/mol. The van der Waals surface area contributed by atoms with Crippen LogP contribution < -0.4 is 5.73 Å². The second-order valence-corrected chi connectivity index (χ2v) is 4.89. The van der Waals surface area contributed by atoms with E-state index >= 15 is 0 Å². The third kappa shape index (κ3) is 2.53. The van der Waals surface area contributed by atoms with Gasteiger partial charge in [-0.1, -0.05) is 36.0 Å². The van der Waals surface area contributed by atoms with Crippen LogP contribution in [0.15, 0.2) is 29.4 Å². The van der Waals surface area contributed by atoms with Crippen LogP contribution in [0.5, 0.6) is 0 Å². The molecule has 0 saturated carbocycles. The van der Waals surface area contributed by atoms with Crippen LogP contribution in [0, 0.1) is 12.3 Å². The zero-order chi connectivity index (χ0) is 13.1. The van der Waals surface area contributed by atoms with Gasteiger partial charge in [0.15, 0.2) is 5.16 Å². The first kappa shape index (κ1) is 12.6. The van der Waals surface area contributed by atoms with Gasteiger partial charge in [-0.3, -0.25) is 5.41 Å². The van der Waals surface area contributed by atoms with E-state index in [1.807, 2.05) is 42.8 Å². The quantitative estimate of drug-likeness (QED) is 0.498. The minimum absolute atomic E-state index is 0.0975. The van der Waals surface area contributed by atoms with Crippen molar-refractivity contribution in [3.05, 3.63) is 41.2 Å². The molecule has 18 heavy (non-hydrogen) atoms. The molecule has 6 heteroatoms. The molecule has 0 atom stereocenters. The topological polar surface area (TPSA) is 80.6 Å². The molecule has 0 bridgehead atoms. The minimum atomic E-state index is 0.0975. The summed E-state index contributed by atoms with van der Waals surface area (Å²) in [4.78, 5) is 0. The molecule has 0 unspecified atom stereocenters. The number of thioether (sulfide) groups is 1. The van der Waals surface area contributed by atoms with Gasteiger partial charge in [-0.15, -0.1) is 10.2 Å². The maximum atomic E-state index is 7.54. The molecule has 0 fully saturated rings. The van der Waals surface area contributed by atoms with Crippen molar-refractivity contribution in [2.45, 2.75) is 17.8 Å². The van der Waals surface area contributed by atoms with Gasteiger partial charge in [-0.05, 0) is 12.5 Å². The summed E-state index contributed by atoms with van der Waals surface area (Å²) in [5.41, 5.74) is 7.38. The van der Waals surface area contributed by atoms with Gasteiger partial charge >= 0.3 is 0 Å². The van der Waals surface area contributed by atoms with Crippen LogP contribution >= 0.6 is 11.8 Å². The number of nitrogens with one attached hydrogen (secondary N) is 1. The predicted octanol–water partition coefficient (Wildman–Crippen LogP) is 1.70. The monoisotopic (exact) mass is 261 g/mol. The van der Waals surface area contributed by atoms with Crippen molar-refractivity contribution in [1.82, 2.24) is 14.8 Å². The summed E-state index contributed by atoms with van der Waals surface area (Å²) in [5, 5.41) is 16.5. The van der Waals surface area contributed by atoms with Crippen molar-refractivity contribution in [3.8, 4) is 0 Å². The summed E-state index contributed by atoms with van der Waals surface area (Å²) in [5.74, 6) is 1.71. The Morgan fingerprint density at radius 2 is 2.11 bits per heavy atom. The number of hydrogen-bond donors (Lipinski definition) is 2. The lowest BCUT2D eigenvalue weighted by atomic mass is 10.1. The number of nitrogen functional groups attached to an aromatic ring is 1. The van der Waals surface area contributed by atoms with E-state index < -0.39 is 0 Å². The van der Waals surface area contributed by atoms with Crippen LogP contribution in [0.4, 0.5) is 0 Å². The zero-order valence-corrected chi connectivity index (χ0v) is 11.2. The first-order valence-electron chi connectivity index (χ1n) is 5.50. The van der Waals surface area contributed by atoms with E-state index in [1.54, 1.807) is 11.8 Å². The van der Waals surface area contributed by atoms with E-state index in [4.69, 9.17) is 11.1 Å². The molecule has 94 valence electrons. The number of nitrogens with zero attached hydrogens (tertiary/aromatic N) is 3. The molecule has 0 amide bonds. The fourth-order valence-electron chi connectivity index (χ4n) is 1.56. The summed E-state index contributed by atoms with van der Waals surface area (Å²) in [6.45, 7) is 1.92. The van der Waals surface area contributed by atoms with Crippen LogP contribution in [-0.2, 0) is 12.8 Å². The van der Waals surface area contributed by atoms with E-state index in [2.05, 4.69) is 10.2 Å². The van der Waals surface area contributed by atoms with Crippen molar-refractivity contribution in [2.24, 2.45) is 12.8 Å². The van der Waals surface area contributed by atoms with Crippen molar-refractivity contribution in [1.29, 1.82) is 5.41 Å². The smallest absolute Gasteiger partial charge is 0.191 e. The first-order valence-corrected chi connectivity index (χ1v) is 6.49. The lowest BCUT2D eigenvalue weighted by Gasteiger charge is -2.07. The number of rotatable bonds is 4. The maximum absolute atomic E-state index is 7.54. The van der Waals surface area contributed by atoms with Gasteiger partial charge in [0.05, 0.1) is 0 Å². The van der Waals surface area contributed by atoms with Crippen LogP contribution in [0.1, 0.15) is 17.0 Å². The number of aryl methyl sites for hydroxylation is 1. The highest BCUT2D eigenvalue weighted by atomic mass is 32.2. The highest BCUT2D eigenvalue weighted by Gasteiger charge is 2.09. The molecule has 1 heterocycles. The van der Waals surface area contributed by atoms with Gasteiger partial charge in [0.1, 0.15) is 11.7 Å². The second-order valence-electron chi connectivity index (χ2n) is 3.95. The first-order chi connectivity index (χ1) is 8.59. The van der Waals surface area contributed by atoms with Crippen LogP contribution in [0.3, 0.4) is 0 Å². The Bertz CT molecular complexity index is 576. The summed E-state index contributed by atoms with van der Waals surface area (Å²) in [7, 11) is 1.94. The third-order valence-corrected chi connectivity index (χ3v) is 3.79. The molecule has 1 aromatic carbocycles. The Balaban J connectivity index is 2.16. The van der Waals surface area contributed by atoms with Gasteiger partial charge < -0.3 is 10.3 Å². The van der Waals surface area contributed by atoms with Crippen LogP contribution in [0.2, 0.25) is 0 Å². The Morgan fingerprint density at radius 3 is 2.72 bits per heavy atom. The standard InChI is InChI=1S/C12H15N5S/c1-8-15-16-12(17(8)2)18-7-9-5-3-4-6-10(9)11(13)14/h3-6H,7H2,1-2H3,(H3,13,14). The van der Waals surface area contributed by atoms with Gasteiger partial charge in [0, 0.05) is 18.4 Å². The normalized spacial score (nSPS) is 10.6. The summed E-state index contributed by atoms with van der Waals surface area (Å²) >= 11 is 1.59. The lowest BCUT2D eigenvalue weighted by molar-refractivity contribution is 0.765. The average Bonchev–Trinajstić information content (AvgIpc) is 2.68. The predicted molar refractivity (Wildman–Crippen MR) is 72.8 cm³/mol. The van der Waals surface area contributed by atoms with E-state index in [9.17, 15) is 0 Å². The molecule has 0 spiro atoms. The van der Waals surface area contributed by atoms with E-state index in [-0.39, 0.29) is 5.84 Å². The van der Waals surface area contributed by atoms with Gasteiger partial charge in [0.2, 0.25) is 0 Å². The average molecular weight is 261 g/mol. The molecular formula is C12H15N5S. The Kier molecular flexibility index (Phi) is 3.66. The van der Waals surface area contributed by atoms with Crippen molar-refractivity contribution >= 4 is 17.6 Å². The van der Waals surface area contributed by atoms with Crippen molar-refractivity contribution < 1.29 is 0 Å². The maximum Gasteiger partial charge on any atom is 0.191 e. The molecule has 3 N–H and O–H groups in total. The third-order valence-electron chi connectivity index (χ3n) is 2.72. The number of benzene rings is 1. The van der Waals surface area contributed by atoms with E-state index in [0.29, 0.717) is 0 Å². The van der Waals surface area contributed by atoms with E-state index in [1.165, 1.54) is 0 Å². The van der Waals surface area contributed by atoms with Crippen molar-refractivity contribution in [2.75, 3.05) is 0 Å². The molecule has 2 aromatic rings. The zero-order valence-electron chi connectivity index (χ0n) is 10.3. The molecule has 0 aliphatic rings. The fraction of sp³-hybridized carbons (Fsp3) is 0.250. The Labute approximate surface area is 110 Å². The fourth-order valence-corrected chi connectivity index (χ4v) is 2.53. The largest absolute Gasteiger partial charge is 0.384 e. The number of amidine groups is 1. The summed E-state index contributed by atoms with van der Waals surface area (Å²) < 4.78 is 1.95. The molecule has 1 aromatic heterocycles. The number of nitrogens with two attached hydrogens (primary N) is 1. The van der Waals surface area contributed by atoms with Gasteiger partial charge in [-0.25, -0.2) is 0 Å². The highest BCUT2D eigenvalue weighted by Crippen LogP contribution is 2.22. The summed E-state index contributed by atoms with van der Waals surface area (Å²) in [6, 6.07) is 7.68. The molecule has 0 aliphatic heterocycles. The second kappa shape index (κ2) is 5.22. The summed E-state index contributed by atoms with van der Waals surface area (Å²) in [6.07, 6.45) is 0. The Hall–Kier alpha value is -1.82. The number of aromatic nitrogens is 3. The molecule has 5 nitrogen and oxygen atoms in total. The van der Waals surface area contributed by atoms with Gasteiger partial charge in [0.25, 0.3) is 0 Å². The molecule has 2 rings (SSSR count). The number of hydrogen-bond acceptors (Lipinski definition) is 4. The highest BCUT2D eigenvalue weighted by molar-refractivity contribution is 7.98. The molecule has 0 radical (unpaired) electrons. The van der Waals surface area contributed by atoms with Gasteiger partial charge in [-0.2, -0.15) is 0 Å². The molecule has 0 saturated heterocycles. The van der Waals surface area contributed by atoms with Crippen LogP contribution in [0.25, 0.3) is 0 Å². The minimum Gasteiger partial charge on any atom is -0.384 e. The van der Waals surface area contributed by atoms with Crippen molar-refractivity contribution in [3.63, 3.8) is 0 Å².